The van der Waals surface area contributed by atoms with Crippen LogP contribution in [0.4, 0.5) is 0 Å². The summed E-state index contributed by atoms with van der Waals surface area (Å²) in [6.07, 6.45) is 1.85. The number of nitrogens with zero attached hydrogens (tertiary/aromatic N) is 1. The largest absolute Gasteiger partial charge is 0.548 e. The Bertz CT molecular complexity index is 881. The number of carbonyl (C=O) groups is 2. The SMILES string of the molecule is O=C([O-])[C@@H](Cc1ccccc1)N1C(=O)/C(=C/c2ccc(Br)cc2)SC1=S. The molecule has 0 spiro atoms. The number of thioether (sulfide) groups is 1. The third-order valence-corrected chi connectivity index (χ3v) is 5.71. The lowest BCUT2D eigenvalue weighted by molar-refractivity contribution is -0.310. The third kappa shape index (κ3) is 4.23. The highest BCUT2D eigenvalue weighted by Gasteiger charge is 2.37. The average molecular weight is 447 g/mol. The van der Waals surface area contributed by atoms with Crippen LogP contribution in [0, 0.1) is 0 Å². The first-order valence-electron chi connectivity index (χ1n) is 7.73. The van der Waals surface area contributed by atoms with E-state index in [-0.39, 0.29) is 10.7 Å². The molecule has 26 heavy (non-hydrogen) atoms. The Morgan fingerprint density at radius 2 is 1.85 bits per heavy atom. The summed E-state index contributed by atoms with van der Waals surface area (Å²) in [5, 5.41) is 11.7. The minimum Gasteiger partial charge on any atom is -0.548 e. The van der Waals surface area contributed by atoms with Gasteiger partial charge in [-0.15, -0.1) is 0 Å². The first-order valence-corrected chi connectivity index (χ1v) is 9.75. The van der Waals surface area contributed by atoms with Crippen LogP contribution in [-0.2, 0) is 16.0 Å². The van der Waals surface area contributed by atoms with Crippen molar-refractivity contribution in [3.8, 4) is 0 Å². The van der Waals surface area contributed by atoms with Crippen molar-refractivity contribution in [2.24, 2.45) is 0 Å². The van der Waals surface area contributed by atoms with Gasteiger partial charge in [-0.3, -0.25) is 9.69 Å². The second-order valence-corrected chi connectivity index (χ2v) is 8.22. The normalized spacial score (nSPS) is 17.0. The minimum atomic E-state index is -1.32. The zero-order valence-electron chi connectivity index (χ0n) is 13.4. The Balaban J connectivity index is 1.86. The Morgan fingerprint density at radius 1 is 1.19 bits per heavy atom. The summed E-state index contributed by atoms with van der Waals surface area (Å²) in [4.78, 5) is 26.0. The van der Waals surface area contributed by atoms with Gasteiger partial charge in [0.25, 0.3) is 5.91 Å². The number of rotatable bonds is 5. The highest BCUT2D eigenvalue weighted by molar-refractivity contribution is 9.10. The van der Waals surface area contributed by atoms with Crippen LogP contribution in [0.25, 0.3) is 6.08 Å². The van der Waals surface area contributed by atoms with Gasteiger partial charge >= 0.3 is 0 Å². The first kappa shape index (κ1) is 18.8. The van der Waals surface area contributed by atoms with Crippen LogP contribution in [0.15, 0.2) is 64.0 Å². The van der Waals surface area contributed by atoms with Gasteiger partial charge in [0.15, 0.2) is 0 Å². The summed E-state index contributed by atoms with van der Waals surface area (Å²) in [5.74, 6) is -1.73. The van der Waals surface area contributed by atoms with E-state index in [9.17, 15) is 14.7 Å². The van der Waals surface area contributed by atoms with Crippen molar-refractivity contribution >= 4 is 62.2 Å². The van der Waals surface area contributed by atoms with E-state index in [1.54, 1.807) is 6.08 Å². The highest BCUT2D eigenvalue weighted by Crippen LogP contribution is 2.34. The van der Waals surface area contributed by atoms with Crippen LogP contribution in [0.5, 0.6) is 0 Å². The predicted molar refractivity (Wildman–Crippen MR) is 108 cm³/mol. The minimum absolute atomic E-state index is 0.140. The smallest absolute Gasteiger partial charge is 0.266 e. The van der Waals surface area contributed by atoms with Gasteiger partial charge in [0.1, 0.15) is 4.32 Å². The summed E-state index contributed by atoms with van der Waals surface area (Å²) < 4.78 is 1.16. The fourth-order valence-electron chi connectivity index (χ4n) is 2.58. The van der Waals surface area contributed by atoms with Crippen LogP contribution in [0.2, 0.25) is 0 Å². The maximum Gasteiger partial charge on any atom is 0.266 e. The molecule has 0 N–H and O–H groups in total. The number of carboxylic acid groups (broad SMARTS) is 1. The maximum atomic E-state index is 12.8. The predicted octanol–water partition coefficient (Wildman–Crippen LogP) is 3.01. The van der Waals surface area contributed by atoms with Crippen LogP contribution < -0.4 is 5.11 Å². The van der Waals surface area contributed by atoms with E-state index in [2.05, 4.69) is 15.9 Å². The molecule has 3 rings (SSSR count). The lowest BCUT2D eigenvalue weighted by atomic mass is 10.0. The molecule has 0 aliphatic carbocycles. The van der Waals surface area contributed by atoms with Gasteiger partial charge in [0, 0.05) is 4.47 Å². The van der Waals surface area contributed by atoms with Gasteiger partial charge in [-0.2, -0.15) is 0 Å². The van der Waals surface area contributed by atoms with E-state index in [0.29, 0.717) is 4.91 Å². The second kappa shape index (κ2) is 8.16. The first-order chi connectivity index (χ1) is 12.5. The molecule has 0 unspecified atom stereocenters. The summed E-state index contributed by atoms with van der Waals surface area (Å²) in [6, 6.07) is 15.4. The quantitative estimate of drug-likeness (QED) is 0.521. The van der Waals surface area contributed by atoms with Crippen molar-refractivity contribution in [1.29, 1.82) is 0 Å². The number of hydrogen-bond acceptors (Lipinski definition) is 5. The molecule has 0 bridgehead atoms. The number of benzene rings is 2. The molecule has 0 saturated carbocycles. The molecule has 2 aromatic carbocycles. The van der Waals surface area contributed by atoms with Gasteiger partial charge in [-0.25, -0.2) is 0 Å². The molecule has 4 nitrogen and oxygen atoms in total. The zero-order chi connectivity index (χ0) is 18.7. The number of aliphatic carboxylic acids is 1. The van der Waals surface area contributed by atoms with Crippen LogP contribution in [-0.4, -0.2) is 27.1 Å². The summed E-state index contributed by atoms with van der Waals surface area (Å²) in [5.41, 5.74) is 1.63. The molecular weight excluding hydrogens is 434 g/mol. The standard InChI is InChI=1S/C19H14BrNO3S2/c20-14-8-6-13(7-9-14)11-16-17(22)21(19(25)26-16)15(18(23)24)10-12-4-2-1-3-5-12/h1-9,11,15H,10H2,(H,23,24)/p-1/b16-11-/t15-/m1/s1. The second-order valence-electron chi connectivity index (χ2n) is 5.63. The summed E-state index contributed by atoms with van der Waals surface area (Å²) >= 11 is 9.74. The van der Waals surface area contributed by atoms with E-state index in [0.717, 1.165) is 32.3 Å². The van der Waals surface area contributed by atoms with Crippen LogP contribution in [0.1, 0.15) is 11.1 Å². The fourth-order valence-corrected chi connectivity index (χ4v) is 4.20. The Morgan fingerprint density at radius 3 is 2.46 bits per heavy atom. The molecule has 1 saturated heterocycles. The highest BCUT2D eigenvalue weighted by atomic mass is 79.9. The number of carbonyl (C=O) groups excluding carboxylic acids is 2. The molecule has 1 fully saturated rings. The van der Waals surface area contributed by atoms with Gasteiger partial charge in [-0.1, -0.05) is 82.4 Å². The monoisotopic (exact) mass is 446 g/mol. The van der Waals surface area contributed by atoms with E-state index < -0.39 is 17.9 Å². The molecule has 0 radical (unpaired) electrons. The molecule has 2 aromatic rings. The molecule has 1 atom stereocenters. The lowest BCUT2D eigenvalue weighted by Crippen LogP contribution is -2.51. The molecule has 0 aromatic heterocycles. The molecule has 1 aliphatic rings. The van der Waals surface area contributed by atoms with Crippen molar-refractivity contribution in [3.05, 3.63) is 75.1 Å². The molecule has 1 heterocycles. The van der Waals surface area contributed by atoms with E-state index in [4.69, 9.17) is 12.2 Å². The van der Waals surface area contributed by atoms with Gasteiger partial charge in [0.2, 0.25) is 0 Å². The maximum absolute atomic E-state index is 12.8. The van der Waals surface area contributed by atoms with Crippen molar-refractivity contribution in [2.45, 2.75) is 12.5 Å². The van der Waals surface area contributed by atoms with E-state index in [1.807, 2.05) is 54.6 Å². The molecule has 1 amide bonds. The summed E-state index contributed by atoms with van der Waals surface area (Å²) in [7, 11) is 0. The lowest BCUT2D eigenvalue weighted by Gasteiger charge is -2.27. The van der Waals surface area contributed by atoms with E-state index in [1.165, 1.54) is 0 Å². The van der Waals surface area contributed by atoms with Crippen LogP contribution in [0.3, 0.4) is 0 Å². The summed E-state index contributed by atoms with van der Waals surface area (Å²) in [6.45, 7) is 0. The molecule has 1 aliphatic heterocycles. The molecule has 132 valence electrons. The van der Waals surface area contributed by atoms with E-state index >= 15 is 0 Å². The Hall–Kier alpha value is -1.96. The number of amides is 1. The zero-order valence-corrected chi connectivity index (χ0v) is 16.6. The third-order valence-electron chi connectivity index (χ3n) is 3.85. The van der Waals surface area contributed by atoms with Gasteiger partial charge in [0.05, 0.1) is 16.9 Å². The van der Waals surface area contributed by atoms with Gasteiger partial charge in [-0.05, 0) is 35.8 Å². The molecule has 7 heteroatoms. The Kier molecular flexibility index (Phi) is 5.90. The number of thiocarbonyl (C=S) groups is 1. The average Bonchev–Trinajstić information content (AvgIpc) is 2.89. The van der Waals surface area contributed by atoms with Crippen molar-refractivity contribution in [3.63, 3.8) is 0 Å². The Labute approximate surface area is 169 Å². The number of carboxylic acids is 1. The van der Waals surface area contributed by atoms with Crippen molar-refractivity contribution in [2.75, 3.05) is 0 Å². The number of halogens is 1. The number of hydrogen-bond donors (Lipinski definition) is 0. The van der Waals surface area contributed by atoms with Gasteiger partial charge < -0.3 is 9.90 Å². The molecular formula is C19H13BrNO3S2-. The van der Waals surface area contributed by atoms with Crippen molar-refractivity contribution in [1.82, 2.24) is 4.90 Å². The van der Waals surface area contributed by atoms with Crippen LogP contribution >= 0.6 is 39.9 Å². The topological polar surface area (TPSA) is 60.4 Å². The fraction of sp³-hybridized carbons (Fsp3) is 0.105. The van der Waals surface area contributed by atoms with Crippen molar-refractivity contribution < 1.29 is 14.7 Å².